The number of alkyl halides is 1. The van der Waals surface area contributed by atoms with E-state index < -0.39 is 4.92 Å². The normalized spacial score (nSPS) is 21.0. The molecule has 1 aromatic carbocycles. The topological polar surface area (TPSA) is 81.5 Å². The lowest BCUT2D eigenvalue weighted by atomic mass is 10.1. The third-order valence-electron chi connectivity index (χ3n) is 3.73. The molecule has 0 bridgehead atoms. The standard InChI is InChI=1S/C14H17ClN2O4/c1-21-13-7-10(17(19)20)5-6-11(13)14(18)16-8-9-3-2-4-12(9)15/h5-7,9,12H,2-4,8H2,1H3,(H,16,18). The summed E-state index contributed by atoms with van der Waals surface area (Å²) in [5, 5.41) is 13.6. The number of nitrogens with zero attached hydrogens (tertiary/aromatic N) is 1. The van der Waals surface area contributed by atoms with Crippen LogP contribution in [0.1, 0.15) is 29.6 Å². The molecule has 2 unspecified atom stereocenters. The Morgan fingerprint density at radius 2 is 2.29 bits per heavy atom. The van der Waals surface area contributed by atoms with Crippen molar-refractivity contribution in [3.63, 3.8) is 0 Å². The number of benzene rings is 1. The van der Waals surface area contributed by atoms with Crippen LogP contribution in [0.4, 0.5) is 5.69 Å². The highest BCUT2D eigenvalue weighted by atomic mass is 35.5. The van der Waals surface area contributed by atoms with Gasteiger partial charge in [0.05, 0.1) is 23.7 Å². The van der Waals surface area contributed by atoms with Gasteiger partial charge in [-0.15, -0.1) is 11.6 Å². The molecule has 2 rings (SSSR count). The molecule has 0 spiro atoms. The van der Waals surface area contributed by atoms with Crippen LogP contribution < -0.4 is 10.1 Å². The van der Waals surface area contributed by atoms with Gasteiger partial charge in [-0.3, -0.25) is 14.9 Å². The summed E-state index contributed by atoms with van der Waals surface area (Å²) in [4.78, 5) is 22.4. The largest absolute Gasteiger partial charge is 0.496 e. The highest BCUT2D eigenvalue weighted by Gasteiger charge is 2.26. The van der Waals surface area contributed by atoms with Gasteiger partial charge in [0.15, 0.2) is 0 Å². The number of nitro benzene ring substituents is 1. The summed E-state index contributed by atoms with van der Waals surface area (Å²) in [6.07, 6.45) is 3.06. The van der Waals surface area contributed by atoms with Crippen molar-refractivity contribution in [1.82, 2.24) is 5.32 Å². The zero-order valence-corrected chi connectivity index (χ0v) is 12.4. The first-order valence-corrected chi connectivity index (χ1v) is 7.21. The number of ether oxygens (including phenoxy) is 1. The lowest BCUT2D eigenvalue weighted by Gasteiger charge is -2.15. The van der Waals surface area contributed by atoms with Crippen molar-refractivity contribution < 1.29 is 14.5 Å². The Hall–Kier alpha value is -1.82. The Balaban J connectivity index is 2.06. The maximum atomic E-state index is 12.2. The molecular weight excluding hydrogens is 296 g/mol. The van der Waals surface area contributed by atoms with Gasteiger partial charge in [-0.1, -0.05) is 6.42 Å². The molecule has 1 aliphatic rings. The third-order valence-corrected chi connectivity index (χ3v) is 4.31. The van der Waals surface area contributed by atoms with Crippen LogP contribution in [0.15, 0.2) is 18.2 Å². The number of rotatable bonds is 5. The molecule has 6 nitrogen and oxygen atoms in total. The number of non-ortho nitro benzene ring substituents is 1. The highest BCUT2D eigenvalue weighted by Crippen LogP contribution is 2.30. The second-order valence-corrected chi connectivity index (χ2v) is 5.62. The average Bonchev–Trinajstić information content (AvgIpc) is 2.89. The predicted molar refractivity (Wildman–Crippen MR) is 79.0 cm³/mol. The lowest BCUT2D eigenvalue weighted by Crippen LogP contribution is -2.31. The first-order chi connectivity index (χ1) is 10.0. The number of hydrogen-bond donors (Lipinski definition) is 1. The third kappa shape index (κ3) is 3.64. The molecular formula is C14H17ClN2O4. The number of methoxy groups -OCH3 is 1. The van der Waals surface area contributed by atoms with E-state index in [0.717, 1.165) is 19.3 Å². The summed E-state index contributed by atoms with van der Waals surface area (Å²) < 4.78 is 5.06. The van der Waals surface area contributed by atoms with E-state index in [2.05, 4.69) is 5.32 Å². The van der Waals surface area contributed by atoms with Gasteiger partial charge < -0.3 is 10.1 Å². The van der Waals surface area contributed by atoms with Gasteiger partial charge in [0.25, 0.3) is 11.6 Å². The minimum atomic E-state index is -0.527. The zero-order valence-electron chi connectivity index (χ0n) is 11.7. The number of nitrogens with one attached hydrogen (secondary N) is 1. The number of halogens is 1. The van der Waals surface area contributed by atoms with Crippen LogP contribution in [0.5, 0.6) is 5.75 Å². The monoisotopic (exact) mass is 312 g/mol. The number of amides is 1. The summed E-state index contributed by atoms with van der Waals surface area (Å²) >= 11 is 6.17. The summed E-state index contributed by atoms with van der Waals surface area (Å²) in [6, 6.07) is 3.94. The van der Waals surface area contributed by atoms with Crippen molar-refractivity contribution >= 4 is 23.2 Å². The highest BCUT2D eigenvalue weighted by molar-refractivity contribution is 6.21. The Morgan fingerprint density at radius 3 is 2.86 bits per heavy atom. The van der Waals surface area contributed by atoms with Crippen LogP contribution in [0.25, 0.3) is 0 Å². The van der Waals surface area contributed by atoms with Crippen LogP contribution in [0.3, 0.4) is 0 Å². The molecule has 1 N–H and O–H groups in total. The number of carbonyl (C=O) groups is 1. The number of nitro groups is 1. The Kier molecular flexibility index (Phi) is 5.01. The summed E-state index contributed by atoms with van der Waals surface area (Å²) in [7, 11) is 1.38. The molecule has 0 radical (unpaired) electrons. The van der Waals surface area contributed by atoms with Crippen LogP contribution in [-0.2, 0) is 0 Å². The fourth-order valence-corrected chi connectivity index (χ4v) is 2.89. The molecule has 21 heavy (non-hydrogen) atoms. The van der Waals surface area contributed by atoms with E-state index >= 15 is 0 Å². The fraction of sp³-hybridized carbons (Fsp3) is 0.500. The van der Waals surface area contributed by atoms with E-state index in [0.29, 0.717) is 6.54 Å². The molecule has 0 aromatic heterocycles. The molecule has 1 fully saturated rings. The Bertz CT molecular complexity index is 550. The summed E-state index contributed by atoms with van der Waals surface area (Å²) in [6.45, 7) is 0.507. The van der Waals surface area contributed by atoms with E-state index in [1.54, 1.807) is 0 Å². The predicted octanol–water partition coefficient (Wildman–Crippen LogP) is 2.74. The van der Waals surface area contributed by atoms with Crippen molar-refractivity contribution in [1.29, 1.82) is 0 Å². The van der Waals surface area contributed by atoms with Gasteiger partial charge in [0, 0.05) is 18.0 Å². The maximum Gasteiger partial charge on any atom is 0.273 e. The smallest absolute Gasteiger partial charge is 0.273 e. The minimum Gasteiger partial charge on any atom is -0.496 e. The number of carbonyl (C=O) groups excluding carboxylic acids is 1. The van der Waals surface area contributed by atoms with Crippen molar-refractivity contribution in [2.75, 3.05) is 13.7 Å². The maximum absolute atomic E-state index is 12.2. The lowest BCUT2D eigenvalue weighted by molar-refractivity contribution is -0.384. The van der Waals surface area contributed by atoms with Crippen LogP contribution in [-0.4, -0.2) is 29.9 Å². The first-order valence-electron chi connectivity index (χ1n) is 6.77. The van der Waals surface area contributed by atoms with E-state index in [4.69, 9.17) is 16.3 Å². The Morgan fingerprint density at radius 1 is 1.52 bits per heavy atom. The average molecular weight is 313 g/mol. The van der Waals surface area contributed by atoms with Crippen LogP contribution >= 0.6 is 11.6 Å². The van der Waals surface area contributed by atoms with Gasteiger partial charge in [-0.05, 0) is 24.8 Å². The van der Waals surface area contributed by atoms with Crippen LogP contribution in [0.2, 0.25) is 0 Å². The van der Waals surface area contributed by atoms with Gasteiger partial charge in [-0.25, -0.2) is 0 Å². The summed E-state index contributed by atoms with van der Waals surface area (Å²) in [5.41, 5.74) is 0.173. The SMILES string of the molecule is COc1cc([N+](=O)[O-])ccc1C(=O)NCC1CCCC1Cl. The summed E-state index contributed by atoms with van der Waals surface area (Å²) in [5.74, 6) is 0.160. The molecule has 1 aliphatic carbocycles. The molecule has 0 heterocycles. The zero-order chi connectivity index (χ0) is 15.4. The molecule has 114 valence electrons. The van der Waals surface area contributed by atoms with Crippen molar-refractivity contribution in [3.05, 3.63) is 33.9 Å². The van der Waals surface area contributed by atoms with Crippen molar-refractivity contribution in [2.24, 2.45) is 5.92 Å². The molecule has 1 saturated carbocycles. The van der Waals surface area contributed by atoms with Gasteiger partial charge in [0.2, 0.25) is 0 Å². The number of hydrogen-bond acceptors (Lipinski definition) is 4. The second-order valence-electron chi connectivity index (χ2n) is 5.06. The van der Waals surface area contributed by atoms with Gasteiger partial charge in [0.1, 0.15) is 5.75 Å². The van der Waals surface area contributed by atoms with Crippen molar-refractivity contribution in [2.45, 2.75) is 24.6 Å². The molecule has 1 amide bonds. The van der Waals surface area contributed by atoms with Crippen molar-refractivity contribution in [3.8, 4) is 5.75 Å². The minimum absolute atomic E-state index is 0.101. The quantitative estimate of drug-likeness (QED) is 0.515. The van der Waals surface area contributed by atoms with Gasteiger partial charge >= 0.3 is 0 Å². The van der Waals surface area contributed by atoms with E-state index in [9.17, 15) is 14.9 Å². The molecule has 1 aromatic rings. The van der Waals surface area contributed by atoms with E-state index in [1.807, 2.05) is 0 Å². The van der Waals surface area contributed by atoms with E-state index in [-0.39, 0.29) is 34.2 Å². The first kappa shape index (κ1) is 15.6. The Labute approximate surface area is 127 Å². The second kappa shape index (κ2) is 6.76. The van der Waals surface area contributed by atoms with Gasteiger partial charge in [-0.2, -0.15) is 0 Å². The molecule has 0 aliphatic heterocycles. The molecule has 0 saturated heterocycles. The molecule has 7 heteroatoms. The van der Waals surface area contributed by atoms with Crippen LogP contribution in [0, 0.1) is 16.0 Å². The van der Waals surface area contributed by atoms with E-state index in [1.165, 1.54) is 25.3 Å². The fourth-order valence-electron chi connectivity index (χ4n) is 2.52. The molecule has 2 atom stereocenters.